The van der Waals surface area contributed by atoms with Crippen molar-refractivity contribution in [2.24, 2.45) is 0 Å². The van der Waals surface area contributed by atoms with Gasteiger partial charge in [-0.1, -0.05) is 69.2 Å². The second kappa shape index (κ2) is 44.2. The molecule has 9 aromatic rings. The second-order valence-corrected chi connectivity index (χ2v) is 41.2. The number of methoxy groups -OCH3 is 2. The molecule has 4 saturated heterocycles. The Labute approximate surface area is 731 Å². The number of nitrogen functional groups attached to an aromatic ring is 1. The van der Waals surface area contributed by atoms with Gasteiger partial charge in [0.1, 0.15) is 49.1 Å². The Morgan fingerprint density at radius 2 is 1.01 bits per heavy atom. The molecule has 4 fully saturated rings. The Bertz CT molecular complexity index is 5060. The van der Waals surface area contributed by atoms with Crippen LogP contribution in [0.2, 0.25) is 5.28 Å². The van der Waals surface area contributed by atoms with E-state index in [4.69, 9.17) is 46.4 Å². The molecule has 0 atom stereocenters. The van der Waals surface area contributed by atoms with Crippen molar-refractivity contribution >= 4 is 142 Å². The number of nitrogens with zero attached hydrogens (tertiary/aromatic N) is 14. The number of aliphatic hydroxyl groups is 1. The van der Waals surface area contributed by atoms with Gasteiger partial charge in [0.05, 0.1) is 62.2 Å². The molecule has 26 nitrogen and oxygen atoms in total. The lowest BCUT2D eigenvalue weighted by Gasteiger charge is -2.43. The van der Waals surface area contributed by atoms with E-state index < -0.39 is 24.4 Å². The summed E-state index contributed by atoms with van der Waals surface area (Å²) in [6.07, 6.45) is 12.1. The van der Waals surface area contributed by atoms with Gasteiger partial charge in [-0.2, -0.15) is 18.4 Å². The molecule has 4 aliphatic heterocycles. The van der Waals surface area contributed by atoms with Gasteiger partial charge < -0.3 is 74.8 Å². The van der Waals surface area contributed by atoms with E-state index in [1.54, 1.807) is 65.4 Å². The number of aliphatic hydroxyl groups excluding tert-OH is 1. The molecule has 32 heteroatoms. The number of hydrogen-bond donors (Lipinski definition) is 6. The molecule has 0 amide bonds. The van der Waals surface area contributed by atoms with Gasteiger partial charge in [-0.05, 0) is 220 Å². The molecule has 4 aromatic heterocycles. The van der Waals surface area contributed by atoms with Crippen LogP contribution in [0.5, 0.6) is 11.5 Å². The normalized spacial score (nSPS) is 15.3. The smallest absolute Gasteiger partial charge is 0.294 e. The molecular weight excluding hydrogens is 1710 g/mol. The van der Waals surface area contributed by atoms with E-state index in [2.05, 4.69) is 156 Å². The summed E-state index contributed by atoms with van der Waals surface area (Å²) in [5.74, 6) is 4.73. The van der Waals surface area contributed by atoms with E-state index in [0.717, 1.165) is 139 Å². The van der Waals surface area contributed by atoms with Gasteiger partial charge in [0, 0.05) is 187 Å². The maximum absolute atomic E-state index is 13.6. The summed E-state index contributed by atoms with van der Waals surface area (Å²) in [6, 6.07) is 39.3. The molecule has 0 saturated carbocycles. The third-order valence-corrected chi connectivity index (χ3v) is 26.8. The van der Waals surface area contributed by atoms with E-state index in [-0.39, 0.29) is 14.5 Å². The number of hydrogen-bond acceptors (Lipinski definition) is 25. The molecule has 119 heavy (non-hydrogen) atoms. The SMILES string of the molecule is CCCCO.CCc1cc(N)c(OC)cc1N1CCC(N2CCN(C)CC2)CC1.CCc1cc(Nc2ncc(Br)c(Nc3ccc(-c4cccc(N(C)C)n4)cc3P(C)(C)=O)n2)c(OC)cc1N1CCC(N2CCN(C)CC2)CC1.CN(C)c1cccc(-c2ccc(Nc3nc(Cl)ncc3Br)c(P(C)(C)=O)c2)n1.Cc1ccc(S(=O)(=O)O)cc1.[HH].[HH].[HH]. The number of aromatic nitrogens is 6. The van der Waals surface area contributed by atoms with Crippen molar-refractivity contribution in [3.8, 4) is 34.0 Å². The molecule has 0 unspecified atom stereocenters. The van der Waals surface area contributed by atoms with Crippen molar-refractivity contribution in [3.63, 3.8) is 0 Å². The lowest BCUT2D eigenvalue weighted by Crippen LogP contribution is -2.52. The van der Waals surface area contributed by atoms with Crippen LogP contribution in [0.25, 0.3) is 22.5 Å². The summed E-state index contributed by atoms with van der Waals surface area (Å²) >= 11 is 12.9. The predicted molar refractivity (Wildman–Crippen MR) is 508 cm³/mol. The first-order chi connectivity index (χ1) is 56.6. The number of piperazine rings is 2. The fourth-order valence-corrected chi connectivity index (χ4v) is 18.0. The van der Waals surface area contributed by atoms with Crippen molar-refractivity contribution in [1.82, 2.24) is 49.5 Å². The van der Waals surface area contributed by atoms with Gasteiger partial charge in [0.25, 0.3) is 10.1 Å². The number of halogens is 3. The third-order valence-electron chi connectivity index (χ3n) is 21.5. The Morgan fingerprint density at radius 3 is 1.41 bits per heavy atom. The molecule has 7 N–H and O–H groups in total. The first kappa shape index (κ1) is 94.8. The third kappa shape index (κ3) is 27.0. The molecular formula is C87H127Br2ClN18O8P2S. The second-order valence-electron chi connectivity index (χ2n) is 31.4. The molecule has 0 bridgehead atoms. The van der Waals surface area contributed by atoms with Crippen LogP contribution >= 0.6 is 57.7 Å². The maximum Gasteiger partial charge on any atom is 0.294 e. The minimum Gasteiger partial charge on any atom is -0.495 e. The minimum absolute atomic E-state index is 0. The van der Waals surface area contributed by atoms with Crippen LogP contribution in [-0.2, 0) is 32.1 Å². The van der Waals surface area contributed by atoms with Crippen LogP contribution in [0.15, 0.2) is 148 Å². The Kier molecular flexibility index (Phi) is 35.2. The van der Waals surface area contributed by atoms with Crippen molar-refractivity contribution in [1.29, 1.82) is 0 Å². The van der Waals surface area contributed by atoms with Crippen LogP contribution in [-0.4, -0.2) is 248 Å². The molecule has 5 aromatic carbocycles. The van der Waals surface area contributed by atoms with Crippen molar-refractivity contribution < 1.29 is 41.0 Å². The van der Waals surface area contributed by atoms with Crippen LogP contribution in [0.3, 0.4) is 0 Å². The molecule has 0 spiro atoms. The standard InChI is InChI=1S/C38H51BrN9O2P.C19H20BrClN5OP.C19H32N4O.C7H8O3S.C4H10O.3H2/c1-8-26-22-32(34(50-5)24-33(26)48-16-14-28(15-17-48)47-20-18-46(4)19-21-47)43-38-40-25-29(39)37(44-38)42-31-13-12-27(23-35(31)51(6,7)49)30-10-9-11-36(41-30)45(2)3;1-26(2)17-7-5-6-14(23-17)12-8-9-15(16(10-12)28(3,4)27)24-18-13(20)11-22-19(21)25-18;1-4-15-13-17(20)19(24-3)14-18(15)23-7-5-16(6-8-23)22-11-9-21(2)10-12-22;1-6-2-4-7(5-3-6)11(8,9)10;1-2-3-4-5;;;/h9-13,22-25,28H,8,14-21H2,1-7H3,(H2,40,42,43,44);5-11H,1-4H3,(H,22,24,25);13-14,16H,4-12,20H2,1-3H3;2-5H,1H3,(H,8,9,10);5H,2-4H2,1H3;3*1H. The Hall–Kier alpha value is -8.02. The van der Waals surface area contributed by atoms with Crippen LogP contribution in [0.4, 0.5) is 63.3 Å². The summed E-state index contributed by atoms with van der Waals surface area (Å²) in [5, 5.41) is 19.7. The highest BCUT2D eigenvalue weighted by molar-refractivity contribution is 9.11. The van der Waals surface area contributed by atoms with Crippen molar-refractivity contribution in [2.45, 2.75) is 96.0 Å². The topological polar surface area (TPSA) is 293 Å². The van der Waals surface area contributed by atoms with Gasteiger partial charge in [-0.25, -0.2) is 19.9 Å². The van der Waals surface area contributed by atoms with Gasteiger partial charge in [0.2, 0.25) is 11.2 Å². The molecule has 0 aliphatic carbocycles. The zero-order chi connectivity index (χ0) is 86.5. The summed E-state index contributed by atoms with van der Waals surface area (Å²) in [7, 11) is 6.35. The number of nitrogens with two attached hydrogens (primary N) is 1. The van der Waals surface area contributed by atoms with Gasteiger partial charge in [-0.15, -0.1) is 0 Å². The predicted octanol–water partition coefficient (Wildman–Crippen LogP) is 16.7. The highest BCUT2D eigenvalue weighted by Gasteiger charge is 2.31. The van der Waals surface area contributed by atoms with Crippen molar-refractivity contribution in [3.05, 3.63) is 165 Å². The number of anilines is 11. The van der Waals surface area contributed by atoms with Crippen molar-refractivity contribution in [2.75, 3.05) is 210 Å². The van der Waals surface area contributed by atoms with E-state index >= 15 is 0 Å². The minimum atomic E-state index is -4.02. The lowest BCUT2D eigenvalue weighted by molar-refractivity contribution is 0.0982. The number of pyridine rings is 2. The number of unbranched alkanes of at least 4 members (excludes halogenated alkanes) is 1. The molecule has 0 radical (unpaired) electrons. The number of nitrogens with one attached hydrogen (secondary N) is 3. The summed E-state index contributed by atoms with van der Waals surface area (Å²) in [4.78, 5) is 46.1. The number of benzene rings is 5. The van der Waals surface area contributed by atoms with Crippen LogP contribution in [0, 0.1) is 6.92 Å². The summed E-state index contributed by atoms with van der Waals surface area (Å²) in [6.45, 7) is 29.5. The first-order valence-corrected chi connectivity index (χ1v) is 49.1. The van der Waals surface area contributed by atoms with Gasteiger partial charge in [0.15, 0.2) is 0 Å². The fraction of sp³-hybridized carbons (Fsp3) is 0.448. The zero-order valence-corrected chi connectivity index (χ0v) is 78.4. The van der Waals surface area contributed by atoms with E-state index in [1.807, 2.05) is 118 Å². The maximum atomic E-state index is 13.6. The first-order valence-electron chi connectivity index (χ1n) is 40.5. The number of piperidine rings is 2. The van der Waals surface area contributed by atoms with Gasteiger partial charge >= 0.3 is 0 Å². The molecule has 650 valence electrons. The zero-order valence-electron chi connectivity index (χ0n) is 71.8. The van der Waals surface area contributed by atoms with E-state index in [1.165, 1.54) is 99.6 Å². The number of ether oxygens (including phenoxy) is 2. The van der Waals surface area contributed by atoms with Crippen LogP contribution < -0.4 is 61.4 Å². The number of rotatable bonds is 23. The summed E-state index contributed by atoms with van der Waals surface area (Å²) < 4.78 is 68.9. The highest BCUT2D eigenvalue weighted by Crippen LogP contribution is 2.44. The molecule has 8 heterocycles. The van der Waals surface area contributed by atoms with Crippen LogP contribution in [0.1, 0.15) is 80.3 Å². The molecule has 4 aliphatic rings. The molecule has 13 rings (SSSR count). The van der Waals surface area contributed by atoms with Gasteiger partial charge in [-0.3, -0.25) is 14.4 Å². The average Bonchev–Trinajstić information content (AvgIpc) is 0.800. The van der Waals surface area contributed by atoms with E-state index in [9.17, 15) is 17.5 Å². The largest absolute Gasteiger partial charge is 0.495 e. The Balaban J connectivity index is 0.000000273. The number of likely N-dealkylation sites (N-methyl/N-ethyl adjacent to an activating group) is 2. The van der Waals surface area contributed by atoms with E-state index in [0.29, 0.717) is 55.9 Å². The monoisotopic (exact) mass is 1840 g/mol. The highest BCUT2D eigenvalue weighted by atomic mass is 79.9. The lowest BCUT2D eigenvalue weighted by atomic mass is 9.99. The number of aryl methyl sites for hydroxylation is 3. The summed E-state index contributed by atoms with van der Waals surface area (Å²) in [5.41, 5.74) is 18.6. The fourth-order valence-electron chi connectivity index (χ4n) is 14.5. The quantitative estimate of drug-likeness (QED) is 0.0150. The Morgan fingerprint density at radius 1 is 0.571 bits per heavy atom. The average molecular weight is 1840 g/mol.